The van der Waals surface area contributed by atoms with Gasteiger partial charge in [0.05, 0.1) is 0 Å². The molecule has 0 saturated carbocycles. The molecule has 0 radical (unpaired) electrons. The first-order valence-corrected chi connectivity index (χ1v) is 5.00. The summed E-state index contributed by atoms with van der Waals surface area (Å²) in [4.78, 5) is 0. The van der Waals surface area contributed by atoms with Crippen molar-refractivity contribution >= 4 is 9.84 Å². The van der Waals surface area contributed by atoms with Gasteiger partial charge in [0.25, 0.3) is 0 Å². The number of rotatable bonds is 3. The van der Waals surface area contributed by atoms with Gasteiger partial charge in [-0.1, -0.05) is 27.7 Å². The van der Waals surface area contributed by atoms with Crippen LogP contribution in [0.1, 0.15) is 27.7 Å². The maximum Gasteiger partial charge on any atom is 0.168 e. The van der Waals surface area contributed by atoms with E-state index in [0.717, 1.165) is 0 Å². The molecule has 0 aliphatic rings. The van der Waals surface area contributed by atoms with Crippen molar-refractivity contribution in [2.24, 2.45) is 5.40 Å². The fourth-order valence-corrected chi connectivity index (χ4v) is 1.86. The van der Waals surface area contributed by atoms with Crippen molar-refractivity contribution in [3.8, 4) is 0 Å². The minimum Gasteiger partial charge on any atom is -0.344 e. The molecule has 0 aromatic rings. The van der Waals surface area contributed by atoms with Gasteiger partial charge in [0, 0.05) is 0 Å². The molecule has 0 fully saturated rings. The van der Waals surface area contributed by atoms with Gasteiger partial charge in [-0.3, -0.25) is 0 Å². The van der Waals surface area contributed by atoms with Gasteiger partial charge in [-0.2, -0.15) is 0 Å². The summed E-state index contributed by atoms with van der Waals surface area (Å²) in [5.74, 6) is 0. The first-order chi connectivity index (χ1) is 4.09. The predicted molar refractivity (Wildman–Crippen MR) is 44.8 cm³/mol. The van der Waals surface area contributed by atoms with E-state index >= 15 is 0 Å². The number of hydrogen-bond acceptors (Lipinski definition) is 2. The van der Waals surface area contributed by atoms with Crippen molar-refractivity contribution in [2.75, 3.05) is 0 Å². The fourth-order valence-electron chi connectivity index (χ4n) is 1.02. The number of nitrogens with two attached hydrogens (primary N) is 1. The van der Waals surface area contributed by atoms with E-state index in [9.17, 15) is 0 Å². The molecular weight excluding hydrogens is 128 g/mol. The Labute approximate surface area is 60.4 Å². The van der Waals surface area contributed by atoms with Crippen LogP contribution in [-0.4, -0.2) is 26.5 Å². The fraction of sp³-hybridized carbons (Fsp3) is 1.00. The Balaban J connectivity index is 3.68. The molecule has 2 N–H and O–H groups in total. The third kappa shape index (κ3) is 2.98. The van der Waals surface area contributed by atoms with E-state index in [1.165, 1.54) is 0 Å². The van der Waals surface area contributed by atoms with Crippen LogP contribution in [0, 0.1) is 0 Å². The van der Waals surface area contributed by atoms with E-state index in [0.29, 0.717) is 12.1 Å². The number of nitrogens with zero attached hydrogens (tertiary/aromatic N) is 1. The summed E-state index contributed by atoms with van der Waals surface area (Å²) < 4.78 is 2.38. The van der Waals surface area contributed by atoms with Crippen molar-refractivity contribution in [1.82, 2.24) is 4.57 Å². The standard InChI is InChI=1S/C6H18N2Si/c1-5(2)8(9-7)6(3)4/h5-6H,7,9H2,1-4H3. The van der Waals surface area contributed by atoms with Crippen molar-refractivity contribution in [3.05, 3.63) is 0 Å². The molecule has 9 heavy (non-hydrogen) atoms. The van der Waals surface area contributed by atoms with Gasteiger partial charge in [0.15, 0.2) is 9.84 Å². The van der Waals surface area contributed by atoms with Gasteiger partial charge in [0.2, 0.25) is 0 Å². The third-order valence-corrected chi connectivity index (χ3v) is 3.42. The zero-order valence-corrected chi connectivity index (χ0v) is 8.30. The summed E-state index contributed by atoms with van der Waals surface area (Å²) in [5, 5.41) is 5.64. The normalized spacial score (nSPS) is 13.3. The summed E-state index contributed by atoms with van der Waals surface area (Å²) in [7, 11) is -0.434. The largest absolute Gasteiger partial charge is 0.344 e. The van der Waals surface area contributed by atoms with Gasteiger partial charge in [0.1, 0.15) is 0 Å². The van der Waals surface area contributed by atoms with E-state index in [1.54, 1.807) is 0 Å². The lowest BCUT2D eigenvalue weighted by atomic mass is 10.3. The van der Waals surface area contributed by atoms with Crippen LogP contribution in [-0.2, 0) is 0 Å². The highest BCUT2D eigenvalue weighted by molar-refractivity contribution is 6.27. The van der Waals surface area contributed by atoms with E-state index in [-0.39, 0.29) is 0 Å². The van der Waals surface area contributed by atoms with Crippen molar-refractivity contribution in [2.45, 2.75) is 39.8 Å². The molecule has 0 saturated heterocycles. The molecular formula is C6H18N2Si. The third-order valence-electron chi connectivity index (χ3n) is 1.54. The maximum absolute atomic E-state index is 5.64. The van der Waals surface area contributed by atoms with Gasteiger partial charge in [-0.05, 0) is 12.1 Å². The van der Waals surface area contributed by atoms with Crippen molar-refractivity contribution in [3.63, 3.8) is 0 Å². The van der Waals surface area contributed by atoms with Gasteiger partial charge in [-0.25, -0.2) is 0 Å². The lowest BCUT2D eigenvalue weighted by molar-refractivity contribution is 0.312. The summed E-state index contributed by atoms with van der Waals surface area (Å²) in [6.45, 7) is 8.78. The average Bonchev–Trinajstić information content (AvgIpc) is 1.64. The zero-order chi connectivity index (χ0) is 7.44. The minimum absolute atomic E-state index is 0.434. The second-order valence-corrected chi connectivity index (χ2v) is 3.98. The van der Waals surface area contributed by atoms with Gasteiger partial charge >= 0.3 is 0 Å². The van der Waals surface area contributed by atoms with Crippen LogP contribution in [0.2, 0.25) is 0 Å². The zero-order valence-electron chi connectivity index (χ0n) is 6.89. The smallest absolute Gasteiger partial charge is 0.168 e. The van der Waals surface area contributed by atoms with E-state index in [1.807, 2.05) is 0 Å². The lowest BCUT2D eigenvalue weighted by Gasteiger charge is -2.28. The molecule has 0 rings (SSSR count). The molecule has 0 heterocycles. The van der Waals surface area contributed by atoms with Crippen molar-refractivity contribution in [1.29, 1.82) is 0 Å². The summed E-state index contributed by atoms with van der Waals surface area (Å²) >= 11 is 0. The molecule has 56 valence electrons. The molecule has 0 aliphatic heterocycles. The Kier molecular flexibility index (Phi) is 4.09. The highest BCUT2D eigenvalue weighted by Gasteiger charge is 2.09. The highest BCUT2D eigenvalue weighted by atomic mass is 28.2. The van der Waals surface area contributed by atoms with E-state index < -0.39 is 9.84 Å². The molecule has 0 bridgehead atoms. The SMILES string of the molecule is CC(C)N([SiH2]N)C(C)C. The molecule has 0 atom stereocenters. The molecule has 0 unspecified atom stereocenters. The van der Waals surface area contributed by atoms with Crippen LogP contribution in [0.5, 0.6) is 0 Å². The van der Waals surface area contributed by atoms with E-state index in [4.69, 9.17) is 5.40 Å². The molecule has 0 aromatic carbocycles. The predicted octanol–water partition coefficient (Wildman–Crippen LogP) is 0.0627. The average molecular weight is 146 g/mol. The van der Waals surface area contributed by atoms with Crippen LogP contribution in [0.3, 0.4) is 0 Å². The summed E-state index contributed by atoms with van der Waals surface area (Å²) in [6.07, 6.45) is 0. The Morgan fingerprint density at radius 1 is 1.11 bits per heavy atom. The topological polar surface area (TPSA) is 29.3 Å². The van der Waals surface area contributed by atoms with Crippen LogP contribution in [0.4, 0.5) is 0 Å². The molecule has 0 amide bonds. The second kappa shape index (κ2) is 4.03. The summed E-state index contributed by atoms with van der Waals surface area (Å²) in [6, 6.07) is 1.25. The first-order valence-electron chi connectivity index (χ1n) is 3.55. The van der Waals surface area contributed by atoms with Crippen LogP contribution >= 0.6 is 0 Å². The molecule has 2 nitrogen and oxygen atoms in total. The van der Waals surface area contributed by atoms with Crippen LogP contribution in [0.15, 0.2) is 0 Å². The molecule has 0 aliphatic carbocycles. The summed E-state index contributed by atoms with van der Waals surface area (Å²) in [5.41, 5.74) is 0. The Hall–Kier alpha value is 0.137. The van der Waals surface area contributed by atoms with Crippen LogP contribution in [0.25, 0.3) is 0 Å². The van der Waals surface area contributed by atoms with Gasteiger partial charge in [-0.15, -0.1) is 0 Å². The van der Waals surface area contributed by atoms with Crippen molar-refractivity contribution < 1.29 is 0 Å². The first kappa shape index (κ1) is 9.14. The highest BCUT2D eigenvalue weighted by Crippen LogP contribution is 1.99. The minimum atomic E-state index is -0.434. The van der Waals surface area contributed by atoms with Crippen LogP contribution < -0.4 is 5.40 Å². The van der Waals surface area contributed by atoms with Gasteiger partial charge < -0.3 is 9.96 Å². The Bertz CT molecular complexity index is 65.5. The Morgan fingerprint density at radius 2 is 1.44 bits per heavy atom. The molecule has 0 spiro atoms. The quantitative estimate of drug-likeness (QED) is 0.571. The molecule has 3 heteroatoms. The Morgan fingerprint density at radius 3 is 1.44 bits per heavy atom. The monoisotopic (exact) mass is 146 g/mol. The maximum atomic E-state index is 5.64. The lowest BCUT2D eigenvalue weighted by Crippen LogP contribution is -2.43. The van der Waals surface area contributed by atoms with E-state index in [2.05, 4.69) is 32.3 Å². The second-order valence-electron chi connectivity index (χ2n) is 2.88. The molecule has 0 aromatic heterocycles. The number of hydrogen-bond donors (Lipinski definition) is 1.